The van der Waals surface area contributed by atoms with Gasteiger partial charge in [-0.05, 0) is 31.4 Å². The molecule has 0 aromatic heterocycles. The molecule has 142 valence electrons. The standard InChI is InChI=1S/C16H21N3O6S/c1-26(23,24)18-12-7-3-2-6-11(12)16(22)25-10-14(20)19-9-5-4-8-13(19)15(17)21/h2-3,6-7,13,18H,4-5,8-10H2,1H3,(H2,17,21)/t13-/m1/s1. The fourth-order valence-electron chi connectivity index (χ4n) is 2.76. The van der Waals surface area contributed by atoms with Crippen LogP contribution in [0.5, 0.6) is 0 Å². The molecule has 26 heavy (non-hydrogen) atoms. The summed E-state index contributed by atoms with van der Waals surface area (Å²) in [5.74, 6) is -1.96. The first-order valence-electron chi connectivity index (χ1n) is 8.02. The smallest absolute Gasteiger partial charge is 0.340 e. The number of piperidine rings is 1. The van der Waals surface area contributed by atoms with E-state index in [9.17, 15) is 22.8 Å². The second-order valence-corrected chi connectivity index (χ2v) is 7.75. The molecule has 1 fully saturated rings. The van der Waals surface area contributed by atoms with Crippen molar-refractivity contribution in [2.45, 2.75) is 25.3 Å². The van der Waals surface area contributed by atoms with Crippen LogP contribution in [-0.4, -0.2) is 56.6 Å². The Morgan fingerprint density at radius 1 is 1.27 bits per heavy atom. The third kappa shape index (κ3) is 5.19. The quantitative estimate of drug-likeness (QED) is 0.668. The van der Waals surface area contributed by atoms with Gasteiger partial charge in [0.05, 0.1) is 17.5 Å². The van der Waals surface area contributed by atoms with E-state index in [1.807, 2.05) is 0 Å². The van der Waals surface area contributed by atoms with Gasteiger partial charge in [0.2, 0.25) is 15.9 Å². The van der Waals surface area contributed by atoms with Crippen molar-refractivity contribution in [2.75, 3.05) is 24.1 Å². The highest BCUT2D eigenvalue weighted by Gasteiger charge is 2.31. The lowest BCUT2D eigenvalue weighted by atomic mass is 10.0. The number of carbonyl (C=O) groups excluding carboxylic acids is 3. The van der Waals surface area contributed by atoms with Crippen molar-refractivity contribution in [1.82, 2.24) is 4.90 Å². The Labute approximate surface area is 151 Å². The molecule has 0 spiro atoms. The molecular weight excluding hydrogens is 362 g/mol. The number of esters is 1. The van der Waals surface area contributed by atoms with E-state index >= 15 is 0 Å². The number of para-hydroxylation sites is 1. The van der Waals surface area contributed by atoms with Gasteiger partial charge in [-0.25, -0.2) is 13.2 Å². The number of nitrogens with two attached hydrogens (primary N) is 1. The van der Waals surface area contributed by atoms with Gasteiger partial charge in [0.15, 0.2) is 6.61 Å². The van der Waals surface area contributed by atoms with Crippen LogP contribution >= 0.6 is 0 Å². The summed E-state index contributed by atoms with van der Waals surface area (Å²) >= 11 is 0. The predicted octanol–water partition coefficient (Wildman–Crippen LogP) is 0.0813. The summed E-state index contributed by atoms with van der Waals surface area (Å²) in [5.41, 5.74) is 5.35. The van der Waals surface area contributed by atoms with Crippen molar-refractivity contribution in [3.8, 4) is 0 Å². The Hall–Kier alpha value is -2.62. The van der Waals surface area contributed by atoms with Crippen LogP contribution < -0.4 is 10.5 Å². The number of sulfonamides is 1. The number of rotatable bonds is 6. The monoisotopic (exact) mass is 383 g/mol. The Morgan fingerprint density at radius 2 is 1.96 bits per heavy atom. The number of likely N-dealkylation sites (tertiary alicyclic amines) is 1. The Bertz CT molecular complexity index is 808. The van der Waals surface area contributed by atoms with E-state index in [0.717, 1.165) is 19.1 Å². The van der Waals surface area contributed by atoms with Crippen LogP contribution in [0.4, 0.5) is 5.69 Å². The lowest BCUT2D eigenvalue weighted by Gasteiger charge is -2.33. The van der Waals surface area contributed by atoms with Gasteiger partial charge in [0.25, 0.3) is 5.91 Å². The number of ether oxygens (including phenoxy) is 1. The molecule has 10 heteroatoms. The topological polar surface area (TPSA) is 136 Å². The molecule has 3 N–H and O–H groups in total. The molecule has 9 nitrogen and oxygen atoms in total. The summed E-state index contributed by atoms with van der Waals surface area (Å²) in [4.78, 5) is 37.3. The van der Waals surface area contributed by atoms with Gasteiger partial charge in [-0.1, -0.05) is 12.1 Å². The minimum absolute atomic E-state index is 0.0178. The van der Waals surface area contributed by atoms with Crippen molar-refractivity contribution < 1.29 is 27.5 Å². The molecule has 2 rings (SSSR count). The van der Waals surface area contributed by atoms with Gasteiger partial charge in [-0.2, -0.15) is 0 Å². The lowest BCUT2D eigenvalue weighted by Crippen LogP contribution is -2.51. The third-order valence-electron chi connectivity index (χ3n) is 3.92. The highest BCUT2D eigenvalue weighted by atomic mass is 32.2. The van der Waals surface area contributed by atoms with Gasteiger partial charge in [0.1, 0.15) is 6.04 Å². The zero-order valence-electron chi connectivity index (χ0n) is 14.3. The zero-order valence-corrected chi connectivity index (χ0v) is 15.1. The number of hydrogen-bond donors (Lipinski definition) is 2. The highest BCUT2D eigenvalue weighted by molar-refractivity contribution is 7.92. The average molecular weight is 383 g/mol. The number of nitrogens with zero attached hydrogens (tertiary/aromatic N) is 1. The van der Waals surface area contributed by atoms with Crippen LogP contribution in [0.15, 0.2) is 24.3 Å². The molecule has 1 saturated heterocycles. The van der Waals surface area contributed by atoms with E-state index in [1.54, 1.807) is 12.1 Å². The van der Waals surface area contributed by atoms with Crippen molar-refractivity contribution in [3.05, 3.63) is 29.8 Å². The first-order chi connectivity index (χ1) is 12.2. The molecule has 1 heterocycles. The maximum atomic E-state index is 12.3. The summed E-state index contributed by atoms with van der Waals surface area (Å²) < 4.78 is 30.0. The molecule has 1 aromatic rings. The normalized spacial score (nSPS) is 17.4. The number of nitrogens with one attached hydrogen (secondary N) is 1. The minimum Gasteiger partial charge on any atom is -0.452 e. The summed E-state index contributed by atoms with van der Waals surface area (Å²) in [5, 5.41) is 0. The van der Waals surface area contributed by atoms with Crippen molar-refractivity contribution >= 4 is 33.5 Å². The number of amides is 2. The number of benzene rings is 1. The summed E-state index contributed by atoms with van der Waals surface area (Å²) in [6, 6.07) is 5.19. The van der Waals surface area contributed by atoms with Crippen LogP contribution in [0.2, 0.25) is 0 Å². The first kappa shape index (κ1) is 19.7. The fourth-order valence-corrected chi connectivity index (χ4v) is 3.34. The summed E-state index contributed by atoms with van der Waals surface area (Å²) in [6.07, 6.45) is 2.97. The molecule has 1 atom stereocenters. The molecule has 0 radical (unpaired) electrons. The maximum absolute atomic E-state index is 12.3. The van der Waals surface area contributed by atoms with Crippen LogP contribution in [-0.2, 0) is 24.3 Å². The van der Waals surface area contributed by atoms with E-state index in [1.165, 1.54) is 17.0 Å². The molecule has 0 bridgehead atoms. The van der Waals surface area contributed by atoms with Gasteiger partial charge in [-0.3, -0.25) is 14.3 Å². The Kier molecular flexibility index (Phi) is 6.19. The number of carbonyl (C=O) groups is 3. The van der Waals surface area contributed by atoms with Crippen LogP contribution in [0.1, 0.15) is 29.6 Å². The van der Waals surface area contributed by atoms with E-state index in [0.29, 0.717) is 13.0 Å². The summed E-state index contributed by atoms with van der Waals surface area (Å²) in [7, 11) is -3.58. The number of primary amides is 1. The Morgan fingerprint density at radius 3 is 2.62 bits per heavy atom. The van der Waals surface area contributed by atoms with E-state index in [-0.39, 0.29) is 11.3 Å². The fraction of sp³-hybridized carbons (Fsp3) is 0.438. The predicted molar refractivity (Wildman–Crippen MR) is 93.7 cm³/mol. The number of hydrogen-bond acceptors (Lipinski definition) is 6. The molecule has 0 unspecified atom stereocenters. The SMILES string of the molecule is CS(=O)(=O)Nc1ccccc1C(=O)OCC(=O)N1CCCC[C@@H]1C(N)=O. The van der Waals surface area contributed by atoms with Crippen molar-refractivity contribution in [2.24, 2.45) is 5.73 Å². The maximum Gasteiger partial charge on any atom is 0.340 e. The highest BCUT2D eigenvalue weighted by Crippen LogP contribution is 2.19. The van der Waals surface area contributed by atoms with E-state index in [2.05, 4.69) is 4.72 Å². The molecule has 0 aliphatic carbocycles. The summed E-state index contributed by atoms with van der Waals surface area (Å²) in [6.45, 7) is -0.188. The molecule has 1 aromatic carbocycles. The number of anilines is 1. The second kappa shape index (κ2) is 8.17. The van der Waals surface area contributed by atoms with Crippen LogP contribution in [0.3, 0.4) is 0 Å². The lowest BCUT2D eigenvalue weighted by molar-refractivity contribution is -0.143. The van der Waals surface area contributed by atoms with Gasteiger partial charge in [0, 0.05) is 6.54 Å². The Balaban J connectivity index is 2.04. The minimum atomic E-state index is -3.58. The molecular formula is C16H21N3O6S. The molecule has 2 amide bonds. The molecule has 1 aliphatic rings. The van der Waals surface area contributed by atoms with Crippen molar-refractivity contribution in [1.29, 1.82) is 0 Å². The third-order valence-corrected chi connectivity index (χ3v) is 4.51. The van der Waals surface area contributed by atoms with E-state index in [4.69, 9.17) is 10.5 Å². The van der Waals surface area contributed by atoms with Crippen LogP contribution in [0.25, 0.3) is 0 Å². The van der Waals surface area contributed by atoms with Gasteiger partial charge < -0.3 is 15.4 Å². The van der Waals surface area contributed by atoms with Gasteiger partial charge in [-0.15, -0.1) is 0 Å². The average Bonchev–Trinajstić information content (AvgIpc) is 2.58. The largest absolute Gasteiger partial charge is 0.452 e. The second-order valence-electron chi connectivity index (χ2n) is 6.00. The zero-order chi connectivity index (χ0) is 19.3. The first-order valence-corrected chi connectivity index (χ1v) is 9.91. The van der Waals surface area contributed by atoms with Crippen molar-refractivity contribution in [3.63, 3.8) is 0 Å². The molecule has 0 saturated carbocycles. The van der Waals surface area contributed by atoms with Gasteiger partial charge >= 0.3 is 5.97 Å². The van der Waals surface area contributed by atoms with E-state index < -0.39 is 40.5 Å². The molecule has 1 aliphatic heterocycles. The van der Waals surface area contributed by atoms with Crippen LogP contribution in [0, 0.1) is 0 Å².